The van der Waals surface area contributed by atoms with Crippen molar-refractivity contribution in [2.45, 2.75) is 4.90 Å². The standard InChI is InChI=1S/C24H20N2O4S/c27-22(15-16-24(29)30)25-18-11-13-21(14-12-18)31-17-23(28)26(19-7-3-1-4-8-19)20-9-5-2-6-10-20/h1-16H,17H2,(H,25,27)(H,29,30)/b16-15+. The predicted octanol–water partition coefficient (Wildman–Crippen LogP) is 4.72. The number of hydrogen-bond donors (Lipinski definition) is 2. The number of rotatable bonds is 8. The lowest BCUT2D eigenvalue weighted by atomic mass is 10.2. The highest BCUT2D eigenvalue weighted by Gasteiger charge is 2.17. The Bertz CT molecular complexity index is 1030. The van der Waals surface area contributed by atoms with E-state index in [-0.39, 0.29) is 11.7 Å². The lowest BCUT2D eigenvalue weighted by Crippen LogP contribution is -2.27. The molecular formula is C24H20N2O4S. The second-order valence-electron chi connectivity index (χ2n) is 6.37. The van der Waals surface area contributed by atoms with E-state index in [9.17, 15) is 14.4 Å². The molecule has 0 bridgehead atoms. The highest BCUT2D eigenvalue weighted by atomic mass is 32.2. The summed E-state index contributed by atoms with van der Waals surface area (Å²) in [7, 11) is 0. The number of para-hydroxylation sites is 2. The van der Waals surface area contributed by atoms with Crippen LogP contribution in [0.2, 0.25) is 0 Å². The van der Waals surface area contributed by atoms with Crippen molar-refractivity contribution in [3.8, 4) is 0 Å². The van der Waals surface area contributed by atoms with Crippen LogP contribution in [0.3, 0.4) is 0 Å². The van der Waals surface area contributed by atoms with E-state index in [1.54, 1.807) is 29.2 Å². The molecule has 3 aromatic rings. The third kappa shape index (κ3) is 6.58. The molecule has 0 spiro atoms. The van der Waals surface area contributed by atoms with Gasteiger partial charge in [0, 0.05) is 34.1 Å². The molecule has 156 valence electrons. The maximum absolute atomic E-state index is 13.0. The molecule has 3 aromatic carbocycles. The molecule has 0 aliphatic rings. The zero-order valence-corrected chi connectivity index (χ0v) is 17.3. The van der Waals surface area contributed by atoms with Crippen LogP contribution in [-0.4, -0.2) is 28.6 Å². The van der Waals surface area contributed by atoms with Gasteiger partial charge < -0.3 is 10.4 Å². The van der Waals surface area contributed by atoms with Crippen LogP contribution in [0.5, 0.6) is 0 Å². The van der Waals surface area contributed by atoms with E-state index in [0.29, 0.717) is 5.69 Å². The summed E-state index contributed by atoms with van der Waals surface area (Å²) in [5.41, 5.74) is 2.13. The van der Waals surface area contributed by atoms with Crippen molar-refractivity contribution in [1.29, 1.82) is 0 Å². The van der Waals surface area contributed by atoms with Gasteiger partial charge in [0.2, 0.25) is 11.8 Å². The average molecular weight is 433 g/mol. The van der Waals surface area contributed by atoms with Crippen LogP contribution >= 0.6 is 11.8 Å². The molecule has 0 unspecified atom stereocenters. The van der Waals surface area contributed by atoms with E-state index in [4.69, 9.17) is 5.11 Å². The zero-order chi connectivity index (χ0) is 22.1. The predicted molar refractivity (Wildman–Crippen MR) is 123 cm³/mol. The van der Waals surface area contributed by atoms with Gasteiger partial charge in [-0.25, -0.2) is 4.79 Å². The fourth-order valence-corrected chi connectivity index (χ4v) is 3.51. The second kappa shape index (κ2) is 10.8. The molecule has 0 atom stereocenters. The highest BCUT2D eigenvalue weighted by molar-refractivity contribution is 8.00. The normalized spacial score (nSPS) is 10.6. The number of carbonyl (C=O) groups is 3. The number of thioether (sulfide) groups is 1. The van der Waals surface area contributed by atoms with Crippen LogP contribution in [0.4, 0.5) is 17.1 Å². The quantitative estimate of drug-likeness (QED) is 0.397. The van der Waals surface area contributed by atoms with E-state index in [1.165, 1.54) is 11.8 Å². The van der Waals surface area contributed by atoms with E-state index in [1.807, 2.05) is 60.7 Å². The first-order chi connectivity index (χ1) is 15.0. The number of hydrogen-bond acceptors (Lipinski definition) is 4. The summed E-state index contributed by atoms with van der Waals surface area (Å²) in [4.78, 5) is 37.7. The zero-order valence-electron chi connectivity index (χ0n) is 16.5. The molecule has 0 aliphatic heterocycles. The number of anilines is 3. The fourth-order valence-electron chi connectivity index (χ4n) is 2.77. The monoisotopic (exact) mass is 432 g/mol. The van der Waals surface area contributed by atoms with E-state index < -0.39 is 11.9 Å². The number of carbonyl (C=O) groups excluding carboxylic acids is 2. The molecule has 0 aliphatic carbocycles. The topological polar surface area (TPSA) is 86.7 Å². The fraction of sp³-hybridized carbons (Fsp3) is 0.0417. The number of benzene rings is 3. The molecule has 7 heteroatoms. The van der Waals surface area contributed by atoms with Crippen LogP contribution in [0.1, 0.15) is 0 Å². The van der Waals surface area contributed by atoms with Crippen molar-refractivity contribution in [2.75, 3.05) is 16.0 Å². The van der Waals surface area contributed by atoms with Gasteiger partial charge in [-0.05, 0) is 48.5 Å². The van der Waals surface area contributed by atoms with Crippen molar-refractivity contribution < 1.29 is 19.5 Å². The molecule has 0 saturated heterocycles. The highest BCUT2D eigenvalue weighted by Crippen LogP contribution is 2.28. The SMILES string of the molecule is O=C(O)/C=C/C(=O)Nc1ccc(SCC(=O)N(c2ccccc2)c2ccccc2)cc1. The first-order valence-electron chi connectivity index (χ1n) is 9.41. The number of nitrogens with zero attached hydrogens (tertiary/aromatic N) is 1. The van der Waals surface area contributed by atoms with Crippen molar-refractivity contribution in [3.63, 3.8) is 0 Å². The van der Waals surface area contributed by atoms with Crippen LogP contribution < -0.4 is 10.2 Å². The van der Waals surface area contributed by atoms with Gasteiger partial charge in [-0.1, -0.05) is 36.4 Å². The second-order valence-corrected chi connectivity index (χ2v) is 7.42. The lowest BCUT2D eigenvalue weighted by Gasteiger charge is -2.23. The maximum atomic E-state index is 13.0. The van der Waals surface area contributed by atoms with Crippen molar-refractivity contribution >= 4 is 46.6 Å². The van der Waals surface area contributed by atoms with Crippen molar-refractivity contribution in [2.24, 2.45) is 0 Å². The molecule has 3 rings (SSSR count). The molecule has 0 saturated carbocycles. The molecular weight excluding hydrogens is 412 g/mol. The van der Waals surface area contributed by atoms with E-state index in [0.717, 1.165) is 28.4 Å². The Hall–Kier alpha value is -3.84. The summed E-state index contributed by atoms with van der Waals surface area (Å²) in [6.45, 7) is 0. The van der Waals surface area contributed by atoms with E-state index >= 15 is 0 Å². The summed E-state index contributed by atoms with van der Waals surface area (Å²) < 4.78 is 0. The van der Waals surface area contributed by atoms with Crippen LogP contribution in [0, 0.1) is 0 Å². The molecule has 0 aromatic heterocycles. The number of amides is 2. The van der Waals surface area contributed by atoms with Crippen molar-refractivity contribution in [1.82, 2.24) is 0 Å². The molecule has 0 radical (unpaired) electrons. The summed E-state index contributed by atoms with van der Waals surface area (Å²) >= 11 is 1.39. The number of carboxylic acids is 1. The van der Waals surface area contributed by atoms with Gasteiger partial charge in [0.05, 0.1) is 5.75 Å². The minimum absolute atomic E-state index is 0.0569. The minimum atomic E-state index is -1.19. The molecule has 31 heavy (non-hydrogen) atoms. The van der Waals surface area contributed by atoms with Gasteiger partial charge in [0.15, 0.2) is 0 Å². The van der Waals surface area contributed by atoms with Gasteiger partial charge in [-0.2, -0.15) is 0 Å². The Labute approximate surface area is 184 Å². The molecule has 0 fully saturated rings. The van der Waals surface area contributed by atoms with Gasteiger partial charge in [-0.3, -0.25) is 14.5 Å². The van der Waals surface area contributed by atoms with E-state index in [2.05, 4.69) is 5.32 Å². The Morgan fingerprint density at radius 1 is 0.806 bits per heavy atom. The van der Waals surface area contributed by atoms with Gasteiger partial charge >= 0.3 is 5.97 Å². The minimum Gasteiger partial charge on any atom is -0.478 e. The smallest absolute Gasteiger partial charge is 0.328 e. The first kappa shape index (κ1) is 21.9. The third-order valence-corrected chi connectivity index (χ3v) is 5.14. The molecule has 2 amide bonds. The Kier molecular flexibility index (Phi) is 7.61. The largest absolute Gasteiger partial charge is 0.478 e. The average Bonchev–Trinajstić information content (AvgIpc) is 2.79. The van der Waals surface area contributed by atoms with Gasteiger partial charge in [-0.15, -0.1) is 11.8 Å². The van der Waals surface area contributed by atoms with Crippen LogP contribution in [0.15, 0.2) is 102 Å². The summed E-state index contributed by atoms with van der Waals surface area (Å²) in [5.74, 6) is -1.54. The van der Waals surface area contributed by atoms with Crippen LogP contribution in [-0.2, 0) is 14.4 Å². The van der Waals surface area contributed by atoms with Crippen LogP contribution in [0.25, 0.3) is 0 Å². The Morgan fingerprint density at radius 2 is 1.35 bits per heavy atom. The number of aliphatic carboxylic acids is 1. The Morgan fingerprint density at radius 3 is 1.87 bits per heavy atom. The third-order valence-electron chi connectivity index (χ3n) is 4.14. The van der Waals surface area contributed by atoms with Gasteiger partial charge in [0.25, 0.3) is 0 Å². The molecule has 0 heterocycles. The summed E-state index contributed by atoms with van der Waals surface area (Å²) in [6, 6.07) is 26.0. The maximum Gasteiger partial charge on any atom is 0.328 e. The molecule has 2 N–H and O–H groups in total. The van der Waals surface area contributed by atoms with Crippen molar-refractivity contribution in [3.05, 3.63) is 97.1 Å². The number of carboxylic acid groups (broad SMARTS) is 1. The first-order valence-corrected chi connectivity index (χ1v) is 10.4. The molecule has 6 nitrogen and oxygen atoms in total. The summed E-state index contributed by atoms with van der Waals surface area (Å²) in [5, 5.41) is 11.1. The summed E-state index contributed by atoms with van der Waals surface area (Å²) in [6.07, 6.45) is 1.72. The Balaban J connectivity index is 1.64. The lowest BCUT2D eigenvalue weighted by molar-refractivity contribution is -0.131. The number of nitrogens with one attached hydrogen (secondary N) is 1. The van der Waals surface area contributed by atoms with Gasteiger partial charge in [0.1, 0.15) is 0 Å².